The van der Waals surface area contributed by atoms with Crippen molar-refractivity contribution in [1.82, 2.24) is 0 Å². The van der Waals surface area contributed by atoms with Crippen LogP contribution in [-0.4, -0.2) is 18.1 Å². The van der Waals surface area contributed by atoms with Crippen LogP contribution in [0.25, 0.3) is 0 Å². The number of hydrogen-bond acceptors (Lipinski definition) is 2. The molecule has 2 unspecified atom stereocenters. The van der Waals surface area contributed by atoms with Gasteiger partial charge in [-0.15, -0.1) is 0 Å². The molecule has 0 aromatic heterocycles. The zero-order valence-corrected chi connectivity index (χ0v) is 9.19. The van der Waals surface area contributed by atoms with Crippen LogP contribution in [-0.2, 0) is 0 Å². The second-order valence-corrected chi connectivity index (χ2v) is 5.72. The van der Waals surface area contributed by atoms with Gasteiger partial charge in [0.1, 0.15) is 0 Å². The third kappa shape index (κ3) is 2.21. The molecule has 0 aromatic carbocycles. The van der Waals surface area contributed by atoms with Crippen LogP contribution in [0.4, 0.5) is 0 Å². The SMILES string of the molecule is NCC1CSCCC1C1CCCC1. The molecule has 2 N–H and O–H groups in total. The predicted molar refractivity (Wildman–Crippen MR) is 59.9 cm³/mol. The molecule has 1 saturated heterocycles. The van der Waals surface area contributed by atoms with E-state index in [1.54, 1.807) is 0 Å². The Kier molecular flexibility index (Phi) is 3.56. The summed E-state index contributed by atoms with van der Waals surface area (Å²) >= 11 is 2.11. The Labute approximate surface area is 85.8 Å². The van der Waals surface area contributed by atoms with Gasteiger partial charge in [0.2, 0.25) is 0 Å². The number of hydrogen-bond donors (Lipinski definition) is 1. The monoisotopic (exact) mass is 199 g/mol. The van der Waals surface area contributed by atoms with E-state index in [1.165, 1.54) is 43.6 Å². The third-order valence-electron chi connectivity index (χ3n) is 3.84. The van der Waals surface area contributed by atoms with Crippen molar-refractivity contribution >= 4 is 11.8 Å². The quantitative estimate of drug-likeness (QED) is 0.739. The molecule has 2 heteroatoms. The minimum Gasteiger partial charge on any atom is -0.330 e. The van der Waals surface area contributed by atoms with Gasteiger partial charge in [-0.05, 0) is 42.2 Å². The van der Waals surface area contributed by atoms with E-state index in [0.717, 1.165) is 24.3 Å². The molecule has 76 valence electrons. The van der Waals surface area contributed by atoms with E-state index in [2.05, 4.69) is 11.8 Å². The summed E-state index contributed by atoms with van der Waals surface area (Å²) in [5.74, 6) is 5.57. The van der Waals surface area contributed by atoms with Crippen LogP contribution in [0.5, 0.6) is 0 Å². The molecule has 13 heavy (non-hydrogen) atoms. The molecular weight excluding hydrogens is 178 g/mol. The van der Waals surface area contributed by atoms with Gasteiger partial charge in [0.25, 0.3) is 0 Å². The Morgan fingerprint density at radius 2 is 1.92 bits per heavy atom. The highest BCUT2D eigenvalue weighted by molar-refractivity contribution is 7.99. The van der Waals surface area contributed by atoms with Crippen molar-refractivity contribution in [3.05, 3.63) is 0 Å². The number of thioether (sulfide) groups is 1. The summed E-state index contributed by atoms with van der Waals surface area (Å²) in [4.78, 5) is 0. The van der Waals surface area contributed by atoms with E-state index >= 15 is 0 Å². The van der Waals surface area contributed by atoms with Crippen LogP contribution in [0.1, 0.15) is 32.1 Å². The van der Waals surface area contributed by atoms with Crippen molar-refractivity contribution in [2.45, 2.75) is 32.1 Å². The van der Waals surface area contributed by atoms with Crippen LogP contribution >= 0.6 is 11.8 Å². The maximum Gasteiger partial charge on any atom is -0.00243 e. The maximum atomic E-state index is 5.85. The first-order valence-electron chi connectivity index (χ1n) is 5.69. The second kappa shape index (κ2) is 4.70. The molecule has 1 nitrogen and oxygen atoms in total. The van der Waals surface area contributed by atoms with Gasteiger partial charge in [0.05, 0.1) is 0 Å². The Bertz CT molecular complexity index is 152. The van der Waals surface area contributed by atoms with Crippen molar-refractivity contribution in [2.24, 2.45) is 23.5 Å². The standard InChI is InChI=1S/C11H21NS/c12-7-10-8-13-6-5-11(10)9-3-1-2-4-9/h9-11H,1-8,12H2. The average Bonchev–Trinajstić information content (AvgIpc) is 2.70. The van der Waals surface area contributed by atoms with Gasteiger partial charge >= 0.3 is 0 Å². The maximum absolute atomic E-state index is 5.85. The van der Waals surface area contributed by atoms with Crippen molar-refractivity contribution in [3.8, 4) is 0 Å². The molecule has 0 amide bonds. The molecule has 0 spiro atoms. The minimum absolute atomic E-state index is 0.835. The van der Waals surface area contributed by atoms with Crippen LogP contribution in [0.2, 0.25) is 0 Å². The summed E-state index contributed by atoms with van der Waals surface area (Å²) in [5, 5.41) is 0. The molecule has 0 aromatic rings. The fraction of sp³-hybridized carbons (Fsp3) is 1.00. The first-order valence-corrected chi connectivity index (χ1v) is 6.85. The summed E-state index contributed by atoms with van der Waals surface area (Å²) < 4.78 is 0. The van der Waals surface area contributed by atoms with Gasteiger partial charge in [-0.2, -0.15) is 11.8 Å². The van der Waals surface area contributed by atoms with Gasteiger partial charge in [-0.1, -0.05) is 25.7 Å². The molecule has 2 fully saturated rings. The lowest BCUT2D eigenvalue weighted by Gasteiger charge is -2.34. The summed E-state index contributed by atoms with van der Waals surface area (Å²) in [5.41, 5.74) is 5.85. The summed E-state index contributed by atoms with van der Waals surface area (Å²) in [6.07, 6.45) is 7.38. The van der Waals surface area contributed by atoms with Crippen molar-refractivity contribution in [2.75, 3.05) is 18.1 Å². The van der Waals surface area contributed by atoms with E-state index in [9.17, 15) is 0 Å². The fourth-order valence-corrected chi connectivity index (χ4v) is 4.35. The van der Waals surface area contributed by atoms with Crippen LogP contribution < -0.4 is 5.73 Å². The first-order chi connectivity index (χ1) is 6.42. The minimum atomic E-state index is 0.835. The predicted octanol–water partition coefficient (Wildman–Crippen LogP) is 2.50. The lowest BCUT2D eigenvalue weighted by atomic mass is 9.79. The smallest absolute Gasteiger partial charge is 0.00243 e. The number of nitrogens with two attached hydrogens (primary N) is 1. The topological polar surface area (TPSA) is 26.0 Å². The summed E-state index contributed by atoms with van der Waals surface area (Å²) in [6.45, 7) is 0.925. The van der Waals surface area contributed by atoms with E-state index < -0.39 is 0 Å². The van der Waals surface area contributed by atoms with E-state index in [0.29, 0.717) is 0 Å². The molecular formula is C11H21NS. The molecule has 1 heterocycles. The zero-order valence-electron chi connectivity index (χ0n) is 8.37. The molecule has 1 aliphatic heterocycles. The Morgan fingerprint density at radius 3 is 2.62 bits per heavy atom. The van der Waals surface area contributed by atoms with Crippen LogP contribution in [0.3, 0.4) is 0 Å². The third-order valence-corrected chi connectivity index (χ3v) is 5.03. The Hall–Kier alpha value is 0.310. The first kappa shape index (κ1) is 9.85. The molecule has 1 saturated carbocycles. The molecule has 1 aliphatic carbocycles. The van der Waals surface area contributed by atoms with Crippen molar-refractivity contribution in [3.63, 3.8) is 0 Å². The van der Waals surface area contributed by atoms with Gasteiger partial charge < -0.3 is 5.73 Å². The molecule has 0 radical (unpaired) electrons. The van der Waals surface area contributed by atoms with Crippen molar-refractivity contribution in [1.29, 1.82) is 0 Å². The van der Waals surface area contributed by atoms with Gasteiger partial charge in [-0.3, -0.25) is 0 Å². The highest BCUT2D eigenvalue weighted by atomic mass is 32.2. The highest BCUT2D eigenvalue weighted by Crippen LogP contribution is 2.40. The molecule has 0 bridgehead atoms. The fourth-order valence-electron chi connectivity index (χ4n) is 3.06. The van der Waals surface area contributed by atoms with Crippen molar-refractivity contribution < 1.29 is 0 Å². The molecule has 2 rings (SSSR count). The summed E-state index contributed by atoms with van der Waals surface area (Å²) in [6, 6.07) is 0. The van der Waals surface area contributed by atoms with E-state index in [-0.39, 0.29) is 0 Å². The van der Waals surface area contributed by atoms with Gasteiger partial charge in [-0.25, -0.2) is 0 Å². The van der Waals surface area contributed by atoms with E-state index in [1.807, 2.05) is 0 Å². The Morgan fingerprint density at radius 1 is 1.15 bits per heavy atom. The average molecular weight is 199 g/mol. The van der Waals surface area contributed by atoms with E-state index in [4.69, 9.17) is 5.73 Å². The van der Waals surface area contributed by atoms with Gasteiger partial charge in [0.15, 0.2) is 0 Å². The Balaban J connectivity index is 1.93. The summed E-state index contributed by atoms with van der Waals surface area (Å²) in [7, 11) is 0. The van der Waals surface area contributed by atoms with Gasteiger partial charge in [0, 0.05) is 0 Å². The molecule has 2 atom stereocenters. The largest absolute Gasteiger partial charge is 0.330 e. The lowest BCUT2D eigenvalue weighted by molar-refractivity contribution is 0.239. The van der Waals surface area contributed by atoms with Crippen LogP contribution in [0.15, 0.2) is 0 Å². The number of rotatable bonds is 2. The lowest BCUT2D eigenvalue weighted by Crippen LogP contribution is -2.33. The van der Waals surface area contributed by atoms with Crippen LogP contribution in [0, 0.1) is 17.8 Å². The zero-order chi connectivity index (χ0) is 9.10. The molecule has 2 aliphatic rings. The normalized spacial score (nSPS) is 36.7. The highest BCUT2D eigenvalue weighted by Gasteiger charge is 2.32. The second-order valence-electron chi connectivity index (χ2n) is 4.57.